The standard InChI is InChI=1S/C14H26/c1-13(2,3)10-12-6-9-14(11-12)7-4-5-8-14/h12H,4-11H2,1-3H3. The topological polar surface area (TPSA) is 0 Å². The Morgan fingerprint density at radius 1 is 1.07 bits per heavy atom. The fourth-order valence-electron chi connectivity index (χ4n) is 3.95. The molecule has 82 valence electrons. The van der Waals surface area contributed by atoms with Crippen LogP contribution in [-0.4, -0.2) is 0 Å². The average Bonchev–Trinajstić information content (AvgIpc) is 2.60. The van der Waals surface area contributed by atoms with Crippen LogP contribution in [0.4, 0.5) is 0 Å². The van der Waals surface area contributed by atoms with Gasteiger partial charge in [-0.05, 0) is 55.3 Å². The summed E-state index contributed by atoms with van der Waals surface area (Å²) in [6, 6.07) is 0. The molecule has 0 aromatic carbocycles. The van der Waals surface area contributed by atoms with Gasteiger partial charge in [0, 0.05) is 0 Å². The van der Waals surface area contributed by atoms with E-state index in [1.54, 1.807) is 25.7 Å². The smallest absolute Gasteiger partial charge is 0.0295 e. The normalized spacial score (nSPS) is 31.5. The van der Waals surface area contributed by atoms with Gasteiger partial charge in [-0.3, -0.25) is 0 Å². The van der Waals surface area contributed by atoms with E-state index in [0.717, 1.165) is 11.3 Å². The van der Waals surface area contributed by atoms with Crippen molar-refractivity contribution in [3.8, 4) is 0 Å². The molecule has 0 saturated heterocycles. The highest BCUT2D eigenvalue weighted by Crippen LogP contribution is 2.54. The van der Waals surface area contributed by atoms with E-state index in [-0.39, 0.29) is 0 Å². The van der Waals surface area contributed by atoms with Gasteiger partial charge in [-0.2, -0.15) is 0 Å². The zero-order valence-corrected chi connectivity index (χ0v) is 10.2. The Balaban J connectivity index is 1.88. The maximum Gasteiger partial charge on any atom is -0.0295 e. The molecule has 1 atom stereocenters. The molecule has 2 aliphatic carbocycles. The molecule has 0 amide bonds. The van der Waals surface area contributed by atoms with Crippen molar-refractivity contribution in [1.29, 1.82) is 0 Å². The monoisotopic (exact) mass is 194 g/mol. The highest BCUT2D eigenvalue weighted by Gasteiger charge is 2.41. The molecule has 2 saturated carbocycles. The first-order chi connectivity index (χ1) is 6.49. The van der Waals surface area contributed by atoms with Crippen LogP contribution in [0, 0.1) is 16.7 Å². The maximum atomic E-state index is 2.40. The van der Waals surface area contributed by atoms with Crippen LogP contribution in [0.3, 0.4) is 0 Å². The highest BCUT2D eigenvalue weighted by molar-refractivity contribution is 4.93. The van der Waals surface area contributed by atoms with Crippen molar-refractivity contribution in [3.05, 3.63) is 0 Å². The molecule has 0 heterocycles. The molecule has 0 heteroatoms. The van der Waals surface area contributed by atoms with Crippen LogP contribution in [0.25, 0.3) is 0 Å². The molecule has 0 bridgehead atoms. The fraction of sp³-hybridized carbons (Fsp3) is 1.00. The van der Waals surface area contributed by atoms with Crippen molar-refractivity contribution in [3.63, 3.8) is 0 Å². The van der Waals surface area contributed by atoms with Crippen LogP contribution in [0.1, 0.15) is 72.1 Å². The number of hydrogen-bond acceptors (Lipinski definition) is 0. The minimum atomic E-state index is 0.550. The summed E-state index contributed by atoms with van der Waals surface area (Å²) in [7, 11) is 0. The zero-order chi connectivity index (χ0) is 10.2. The molecule has 0 nitrogen and oxygen atoms in total. The Kier molecular flexibility index (Phi) is 2.66. The first kappa shape index (κ1) is 10.5. The van der Waals surface area contributed by atoms with Crippen molar-refractivity contribution < 1.29 is 0 Å². The second-order valence-corrected chi connectivity index (χ2v) is 7.08. The van der Waals surface area contributed by atoms with Crippen LogP contribution in [0.5, 0.6) is 0 Å². The lowest BCUT2D eigenvalue weighted by atomic mass is 9.80. The van der Waals surface area contributed by atoms with Gasteiger partial charge in [0.25, 0.3) is 0 Å². The van der Waals surface area contributed by atoms with E-state index in [1.165, 1.54) is 25.7 Å². The second-order valence-electron chi connectivity index (χ2n) is 7.08. The Bertz CT molecular complexity index is 191. The van der Waals surface area contributed by atoms with E-state index >= 15 is 0 Å². The number of hydrogen-bond donors (Lipinski definition) is 0. The summed E-state index contributed by atoms with van der Waals surface area (Å²) in [5, 5.41) is 0. The van der Waals surface area contributed by atoms with E-state index in [4.69, 9.17) is 0 Å². The van der Waals surface area contributed by atoms with Crippen molar-refractivity contribution in [2.24, 2.45) is 16.7 Å². The number of rotatable bonds is 1. The molecule has 0 aromatic rings. The van der Waals surface area contributed by atoms with Crippen LogP contribution in [-0.2, 0) is 0 Å². The van der Waals surface area contributed by atoms with Gasteiger partial charge >= 0.3 is 0 Å². The van der Waals surface area contributed by atoms with Crippen molar-refractivity contribution in [2.75, 3.05) is 0 Å². The van der Waals surface area contributed by atoms with E-state index in [0.29, 0.717) is 5.41 Å². The second kappa shape index (κ2) is 3.54. The molecule has 2 aliphatic rings. The van der Waals surface area contributed by atoms with Crippen LogP contribution in [0.15, 0.2) is 0 Å². The Morgan fingerprint density at radius 2 is 1.71 bits per heavy atom. The van der Waals surface area contributed by atoms with Gasteiger partial charge in [-0.15, -0.1) is 0 Å². The van der Waals surface area contributed by atoms with E-state index in [2.05, 4.69) is 20.8 Å². The van der Waals surface area contributed by atoms with Crippen molar-refractivity contribution in [2.45, 2.75) is 72.1 Å². The molecule has 0 aromatic heterocycles. The average molecular weight is 194 g/mol. The molecule has 0 aliphatic heterocycles. The van der Waals surface area contributed by atoms with Crippen molar-refractivity contribution >= 4 is 0 Å². The molecular weight excluding hydrogens is 168 g/mol. The lowest BCUT2D eigenvalue weighted by Crippen LogP contribution is -2.14. The third kappa shape index (κ3) is 2.32. The molecule has 2 fully saturated rings. The Labute approximate surface area is 89.5 Å². The van der Waals surface area contributed by atoms with Crippen LogP contribution >= 0.6 is 0 Å². The Hall–Kier alpha value is 0. The zero-order valence-electron chi connectivity index (χ0n) is 10.2. The molecule has 0 N–H and O–H groups in total. The molecule has 0 radical (unpaired) electrons. The Morgan fingerprint density at radius 3 is 2.29 bits per heavy atom. The van der Waals surface area contributed by atoms with Crippen LogP contribution in [0.2, 0.25) is 0 Å². The molecular formula is C14H26. The minimum Gasteiger partial charge on any atom is -0.0602 e. The maximum absolute atomic E-state index is 2.40. The lowest BCUT2D eigenvalue weighted by molar-refractivity contribution is 0.253. The van der Waals surface area contributed by atoms with Gasteiger partial charge in [0.1, 0.15) is 0 Å². The third-order valence-electron chi connectivity index (χ3n) is 4.37. The van der Waals surface area contributed by atoms with Gasteiger partial charge in [-0.25, -0.2) is 0 Å². The summed E-state index contributed by atoms with van der Waals surface area (Å²) >= 11 is 0. The quantitative estimate of drug-likeness (QED) is 0.563. The third-order valence-corrected chi connectivity index (χ3v) is 4.37. The SMILES string of the molecule is CC(C)(C)CC1CCC2(CCCC2)C1. The van der Waals surface area contributed by atoms with E-state index in [9.17, 15) is 0 Å². The van der Waals surface area contributed by atoms with E-state index < -0.39 is 0 Å². The van der Waals surface area contributed by atoms with Gasteiger partial charge < -0.3 is 0 Å². The molecule has 14 heavy (non-hydrogen) atoms. The summed E-state index contributed by atoms with van der Waals surface area (Å²) < 4.78 is 0. The van der Waals surface area contributed by atoms with Crippen molar-refractivity contribution in [1.82, 2.24) is 0 Å². The first-order valence-electron chi connectivity index (χ1n) is 6.49. The van der Waals surface area contributed by atoms with Gasteiger partial charge in [0.05, 0.1) is 0 Å². The summed E-state index contributed by atoms with van der Waals surface area (Å²) in [6.45, 7) is 7.19. The predicted molar refractivity (Wildman–Crippen MR) is 62.3 cm³/mol. The molecule has 2 rings (SSSR count). The summed E-state index contributed by atoms with van der Waals surface area (Å²) in [5.41, 5.74) is 1.38. The fourth-order valence-corrected chi connectivity index (χ4v) is 3.95. The van der Waals surface area contributed by atoms with Crippen LogP contribution < -0.4 is 0 Å². The highest BCUT2D eigenvalue weighted by atomic mass is 14.5. The first-order valence-corrected chi connectivity index (χ1v) is 6.49. The molecule has 1 spiro atoms. The van der Waals surface area contributed by atoms with Gasteiger partial charge in [-0.1, -0.05) is 33.6 Å². The van der Waals surface area contributed by atoms with Gasteiger partial charge in [0.2, 0.25) is 0 Å². The largest absolute Gasteiger partial charge is 0.0602 e. The minimum absolute atomic E-state index is 0.550. The predicted octanol–water partition coefficient (Wildman–Crippen LogP) is 4.78. The summed E-state index contributed by atoms with van der Waals surface area (Å²) in [4.78, 5) is 0. The lowest BCUT2D eigenvalue weighted by Gasteiger charge is -2.26. The van der Waals surface area contributed by atoms with E-state index in [1.807, 2.05) is 0 Å². The summed E-state index contributed by atoms with van der Waals surface area (Å²) in [6.07, 6.45) is 12.2. The van der Waals surface area contributed by atoms with Gasteiger partial charge in [0.15, 0.2) is 0 Å². The molecule has 1 unspecified atom stereocenters. The summed E-state index contributed by atoms with van der Waals surface area (Å²) in [5.74, 6) is 1.05.